The summed E-state index contributed by atoms with van der Waals surface area (Å²) < 4.78 is 0. The van der Waals surface area contributed by atoms with E-state index in [1.165, 1.54) is 24.3 Å². The summed E-state index contributed by atoms with van der Waals surface area (Å²) in [5.74, 6) is 4.50. The Morgan fingerprint density at radius 1 is 0.800 bits per heavy atom. The zero-order valence-corrected chi connectivity index (χ0v) is 9.38. The van der Waals surface area contributed by atoms with Gasteiger partial charge in [0.25, 0.3) is 0 Å². The van der Waals surface area contributed by atoms with Crippen molar-refractivity contribution in [1.29, 1.82) is 0 Å². The molecule has 0 spiro atoms. The highest BCUT2D eigenvalue weighted by atomic mass is 33.1. The predicted molar refractivity (Wildman–Crippen MR) is 61.9 cm³/mol. The van der Waals surface area contributed by atoms with Crippen molar-refractivity contribution in [2.24, 2.45) is 0 Å². The van der Waals surface area contributed by atoms with Gasteiger partial charge in [-0.15, -0.1) is 0 Å². The summed E-state index contributed by atoms with van der Waals surface area (Å²) in [4.78, 5) is 0. The summed E-state index contributed by atoms with van der Waals surface area (Å²) in [6.45, 7) is 0. The molecule has 10 heavy (non-hydrogen) atoms. The maximum atomic E-state index is 4.13. The van der Waals surface area contributed by atoms with Crippen LogP contribution in [-0.2, 0) is 0 Å². The van der Waals surface area contributed by atoms with Gasteiger partial charge in [0.2, 0.25) is 0 Å². The average molecular weight is 214 g/mol. The number of rotatable bonds is 7. The fourth-order valence-electron chi connectivity index (χ4n) is 0.365. The second kappa shape index (κ2) is 10.4. The molecule has 0 aromatic heterocycles. The van der Waals surface area contributed by atoms with Gasteiger partial charge in [-0.05, 0) is 24.3 Å². The molecule has 0 heterocycles. The second-order valence-corrected chi connectivity index (χ2v) is 5.39. The van der Waals surface area contributed by atoms with Crippen LogP contribution in [0.5, 0.6) is 0 Å². The minimum atomic E-state index is 1.01. The summed E-state index contributed by atoms with van der Waals surface area (Å²) in [7, 11) is 3.90. The van der Waals surface area contributed by atoms with Gasteiger partial charge in [-0.2, -0.15) is 25.3 Å². The summed E-state index contributed by atoms with van der Waals surface area (Å²) in [6.07, 6.45) is 2.45. The summed E-state index contributed by atoms with van der Waals surface area (Å²) >= 11 is 8.26. The molecule has 4 heteroatoms. The normalized spacial score (nSPS) is 10.2. The molecule has 62 valence electrons. The van der Waals surface area contributed by atoms with Crippen molar-refractivity contribution in [2.75, 3.05) is 23.0 Å². The highest BCUT2D eigenvalue weighted by Crippen LogP contribution is 2.22. The molecular formula is C6H14S4. The Hall–Kier alpha value is 1.40. The summed E-state index contributed by atoms with van der Waals surface area (Å²) in [5.41, 5.74) is 0. The third-order valence-electron chi connectivity index (χ3n) is 0.855. The van der Waals surface area contributed by atoms with E-state index in [1.807, 2.05) is 21.6 Å². The van der Waals surface area contributed by atoms with E-state index in [2.05, 4.69) is 25.3 Å². The largest absolute Gasteiger partial charge is 0.179 e. The average Bonchev–Trinajstić information content (AvgIpc) is 1.97. The molecule has 0 atom stereocenters. The predicted octanol–water partition coefficient (Wildman–Crippen LogP) is 3.01. The van der Waals surface area contributed by atoms with E-state index >= 15 is 0 Å². The van der Waals surface area contributed by atoms with Crippen LogP contribution in [-0.4, -0.2) is 23.0 Å². The molecule has 0 saturated carbocycles. The zero-order valence-electron chi connectivity index (χ0n) is 5.95. The molecule has 0 unspecified atom stereocenters. The first-order valence-electron chi connectivity index (χ1n) is 3.38. The van der Waals surface area contributed by atoms with Crippen LogP contribution in [0.2, 0.25) is 0 Å². The third-order valence-corrected chi connectivity index (χ3v) is 4.06. The van der Waals surface area contributed by atoms with Crippen molar-refractivity contribution in [3.05, 3.63) is 0 Å². The third kappa shape index (κ3) is 9.40. The molecule has 0 radical (unpaired) electrons. The van der Waals surface area contributed by atoms with E-state index in [9.17, 15) is 0 Å². The molecule has 0 fully saturated rings. The van der Waals surface area contributed by atoms with Gasteiger partial charge in [-0.3, -0.25) is 0 Å². The molecule has 0 aliphatic rings. The Morgan fingerprint density at radius 3 is 1.50 bits per heavy atom. The monoisotopic (exact) mass is 214 g/mol. The first-order chi connectivity index (χ1) is 4.91. The van der Waals surface area contributed by atoms with Crippen molar-refractivity contribution in [3.8, 4) is 0 Å². The van der Waals surface area contributed by atoms with Gasteiger partial charge in [-0.25, -0.2) is 0 Å². The lowest BCUT2D eigenvalue weighted by atomic mass is 10.6. The second-order valence-electron chi connectivity index (χ2n) is 1.80. The minimum Gasteiger partial charge on any atom is -0.179 e. The minimum absolute atomic E-state index is 1.01. The highest BCUT2D eigenvalue weighted by Gasteiger charge is 1.88. The fraction of sp³-hybridized carbons (Fsp3) is 1.00. The molecule has 0 bridgehead atoms. The first-order valence-corrected chi connectivity index (χ1v) is 7.13. The lowest BCUT2D eigenvalue weighted by molar-refractivity contribution is 1.13. The quantitative estimate of drug-likeness (QED) is 0.380. The topological polar surface area (TPSA) is 0 Å². The van der Waals surface area contributed by atoms with Crippen molar-refractivity contribution in [3.63, 3.8) is 0 Å². The van der Waals surface area contributed by atoms with Crippen LogP contribution in [0.3, 0.4) is 0 Å². The van der Waals surface area contributed by atoms with Gasteiger partial charge in [0.15, 0.2) is 0 Å². The Morgan fingerprint density at radius 2 is 1.20 bits per heavy atom. The molecule has 0 aromatic rings. The van der Waals surface area contributed by atoms with Crippen LogP contribution >= 0.6 is 46.8 Å². The molecule has 0 saturated heterocycles. The van der Waals surface area contributed by atoms with Crippen LogP contribution in [0.1, 0.15) is 12.8 Å². The van der Waals surface area contributed by atoms with E-state index in [-0.39, 0.29) is 0 Å². The first kappa shape index (κ1) is 11.4. The molecule has 0 nitrogen and oxygen atoms in total. The number of thiol groups is 2. The van der Waals surface area contributed by atoms with E-state index in [0.29, 0.717) is 0 Å². The molecule has 0 N–H and O–H groups in total. The van der Waals surface area contributed by atoms with E-state index in [1.54, 1.807) is 0 Å². The Kier molecular flexibility index (Phi) is 11.9. The SMILES string of the molecule is SCCCSSCCCS. The van der Waals surface area contributed by atoms with Crippen molar-refractivity contribution < 1.29 is 0 Å². The molecular weight excluding hydrogens is 200 g/mol. The van der Waals surface area contributed by atoms with Crippen LogP contribution in [0.15, 0.2) is 0 Å². The van der Waals surface area contributed by atoms with E-state index in [4.69, 9.17) is 0 Å². The summed E-state index contributed by atoms with van der Waals surface area (Å²) in [6, 6.07) is 0. The van der Waals surface area contributed by atoms with Gasteiger partial charge >= 0.3 is 0 Å². The van der Waals surface area contributed by atoms with Crippen LogP contribution < -0.4 is 0 Å². The molecule has 0 aromatic carbocycles. The molecule has 0 aliphatic carbocycles. The zero-order chi connectivity index (χ0) is 7.66. The molecule has 0 aliphatic heterocycles. The molecule has 0 rings (SSSR count). The fourth-order valence-corrected chi connectivity index (χ4v) is 3.28. The van der Waals surface area contributed by atoms with Gasteiger partial charge in [0.05, 0.1) is 0 Å². The maximum Gasteiger partial charge on any atom is 0.00447 e. The van der Waals surface area contributed by atoms with Gasteiger partial charge < -0.3 is 0 Å². The highest BCUT2D eigenvalue weighted by molar-refractivity contribution is 8.76. The van der Waals surface area contributed by atoms with Crippen LogP contribution in [0.4, 0.5) is 0 Å². The van der Waals surface area contributed by atoms with Gasteiger partial charge in [-0.1, -0.05) is 21.6 Å². The van der Waals surface area contributed by atoms with E-state index < -0.39 is 0 Å². The molecule has 0 amide bonds. The van der Waals surface area contributed by atoms with Crippen molar-refractivity contribution >= 4 is 46.8 Å². The van der Waals surface area contributed by atoms with Crippen LogP contribution in [0, 0.1) is 0 Å². The summed E-state index contributed by atoms with van der Waals surface area (Å²) in [5, 5.41) is 0. The standard InChI is InChI=1S/C6H14S4/c7-3-1-5-9-10-6-2-4-8/h7-8H,1-6H2. The lowest BCUT2D eigenvalue weighted by Crippen LogP contribution is -1.80. The number of hydrogen-bond acceptors (Lipinski definition) is 4. The Balaban J connectivity index is 2.65. The Bertz CT molecular complexity index is 49.7. The van der Waals surface area contributed by atoms with E-state index in [0.717, 1.165) is 11.5 Å². The smallest absolute Gasteiger partial charge is 0.00447 e. The van der Waals surface area contributed by atoms with Crippen molar-refractivity contribution in [1.82, 2.24) is 0 Å². The maximum absolute atomic E-state index is 4.13. The lowest BCUT2D eigenvalue weighted by Gasteiger charge is -1.96. The van der Waals surface area contributed by atoms with Gasteiger partial charge in [0.1, 0.15) is 0 Å². The van der Waals surface area contributed by atoms with Crippen LogP contribution in [0.25, 0.3) is 0 Å². The Labute approximate surface area is 82.5 Å². The number of hydrogen-bond donors (Lipinski definition) is 2. The van der Waals surface area contributed by atoms with Gasteiger partial charge in [0, 0.05) is 11.5 Å². The van der Waals surface area contributed by atoms with Crippen molar-refractivity contribution in [2.45, 2.75) is 12.8 Å².